The van der Waals surface area contributed by atoms with E-state index in [1.807, 2.05) is 0 Å². The third kappa shape index (κ3) is 1.84. The van der Waals surface area contributed by atoms with Gasteiger partial charge in [0.25, 0.3) is 5.78 Å². The minimum absolute atomic E-state index is 0.0150. The van der Waals surface area contributed by atoms with Gasteiger partial charge in [-0.15, -0.1) is 0 Å². The first kappa shape index (κ1) is 15.8. The number of fused-ring (bicyclic) bond motifs is 3. The zero-order valence-corrected chi connectivity index (χ0v) is 13.5. The summed E-state index contributed by atoms with van der Waals surface area (Å²) >= 11 is 1.18. The van der Waals surface area contributed by atoms with E-state index < -0.39 is 33.9 Å². The normalized spacial score (nSPS) is 31.0. The van der Waals surface area contributed by atoms with Crippen LogP contribution in [0.2, 0.25) is 0 Å². The number of thioether (sulfide) groups is 1. The van der Waals surface area contributed by atoms with Gasteiger partial charge in [0.2, 0.25) is 0 Å². The maximum Gasteiger partial charge on any atom is 0.345 e. The number of rotatable bonds is 5. The molecule has 8 heteroatoms. The lowest BCUT2D eigenvalue weighted by Crippen LogP contribution is -2.47. The van der Waals surface area contributed by atoms with Crippen molar-refractivity contribution in [2.75, 3.05) is 13.2 Å². The maximum absolute atomic E-state index is 12.4. The van der Waals surface area contributed by atoms with E-state index in [9.17, 15) is 19.2 Å². The lowest BCUT2D eigenvalue weighted by Gasteiger charge is -2.22. The Morgan fingerprint density at radius 1 is 1.39 bits per heavy atom. The second-order valence-corrected chi connectivity index (χ2v) is 7.12. The third-order valence-electron chi connectivity index (χ3n) is 4.24. The number of esters is 2. The Bertz CT molecular complexity index is 698. The van der Waals surface area contributed by atoms with Crippen LogP contribution in [0.25, 0.3) is 0 Å². The number of ketones is 1. The Morgan fingerprint density at radius 2 is 2.09 bits per heavy atom. The highest BCUT2D eigenvalue weighted by atomic mass is 32.2. The number of hydrogen-bond donors (Lipinski definition) is 0. The molecule has 1 amide bonds. The number of carbonyl (C=O) groups excluding carboxylic acids is 4. The number of hydrogen-bond acceptors (Lipinski definition) is 7. The van der Waals surface area contributed by atoms with E-state index in [1.54, 1.807) is 13.8 Å². The molecule has 1 aliphatic carbocycles. The number of ether oxygens (including phenoxy) is 2. The minimum Gasteiger partial charge on any atom is -0.462 e. The standard InChI is InChI=1S/C15H15NO6S/c1-4-6-22-13(20)15-7-14(15,3)23-11-8(12(19)21-5-2)9(17)10(18)16(11)15/h4H,1,5-7H2,2-3H3/t14-,15-/m0/s1. The molecule has 0 aromatic carbocycles. The summed E-state index contributed by atoms with van der Waals surface area (Å²) < 4.78 is 9.36. The van der Waals surface area contributed by atoms with E-state index in [4.69, 9.17) is 9.47 Å². The lowest BCUT2D eigenvalue weighted by molar-refractivity contribution is -0.154. The topological polar surface area (TPSA) is 90.0 Å². The lowest BCUT2D eigenvalue weighted by atomic mass is 10.1. The summed E-state index contributed by atoms with van der Waals surface area (Å²) in [6, 6.07) is 0. The largest absolute Gasteiger partial charge is 0.462 e. The number of carbonyl (C=O) groups is 4. The van der Waals surface area contributed by atoms with Crippen LogP contribution in [0.3, 0.4) is 0 Å². The van der Waals surface area contributed by atoms with Gasteiger partial charge >= 0.3 is 17.8 Å². The molecule has 0 aromatic heterocycles. The van der Waals surface area contributed by atoms with Gasteiger partial charge in [0.05, 0.1) is 16.4 Å². The SMILES string of the molecule is C=CCOC(=O)[C@@]12C[C@]1(C)SC1=C(C(=O)OCC)C(=O)C(=O)N12. The Kier molecular flexibility index (Phi) is 3.40. The molecule has 0 spiro atoms. The summed E-state index contributed by atoms with van der Waals surface area (Å²) in [5, 5.41) is 0.197. The van der Waals surface area contributed by atoms with E-state index in [1.165, 1.54) is 17.8 Å². The van der Waals surface area contributed by atoms with Crippen LogP contribution in [0.1, 0.15) is 20.3 Å². The van der Waals surface area contributed by atoms with E-state index >= 15 is 0 Å². The predicted molar refractivity (Wildman–Crippen MR) is 80.0 cm³/mol. The summed E-state index contributed by atoms with van der Waals surface area (Å²) in [6.07, 6.45) is 1.80. The first-order valence-corrected chi connectivity index (χ1v) is 7.93. The highest BCUT2D eigenvalue weighted by molar-refractivity contribution is 8.05. The average molecular weight is 337 g/mol. The Balaban J connectivity index is 2.02. The van der Waals surface area contributed by atoms with Gasteiger partial charge in [0.1, 0.15) is 12.2 Å². The zero-order chi connectivity index (χ0) is 17.0. The van der Waals surface area contributed by atoms with Gasteiger partial charge in [-0.2, -0.15) is 0 Å². The second kappa shape index (κ2) is 4.95. The molecule has 1 saturated carbocycles. The van der Waals surface area contributed by atoms with Crippen molar-refractivity contribution in [3.8, 4) is 0 Å². The van der Waals surface area contributed by atoms with E-state index in [0.29, 0.717) is 6.42 Å². The fourth-order valence-electron chi connectivity index (χ4n) is 3.06. The van der Waals surface area contributed by atoms with E-state index in [2.05, 4.69) is 6.58 Å². The molecular formula is C15H15NO6S. The fourth-order valence-corrected chi connectivity index (χ4v) is 4.72. The number of nitrogens with zero attached hydrogens (tertiary/aromatic N) is 1. The number of amides is 1. The van der Waals surface area contributed by atoms with Gasteiger partial charge in [-0.25, -0.2) is 9.59 Å². The molecule has 3 rings (SSSR count). The summed E-state index contributed by atoms with van der Waals surface area (Å²) in [5.74, 6) is -3.24. The van der Waals surface area contributed by atoms with Crippen LogP contribution in [0, 0.1) is 0 Å². The molecule has 0 N–H and O–H groups in total. The molecule has 0 aromatic rings. The van der Waals surface area contributed by atoms with Crippen LogP contribution >= 0.6 is 11.8 Å². The van der Waals surface area contributed by atoms with Crippen LogP contribution in [0.15, 0.2) is 23.3 Å². The van der Waals surface area contributed by atoms with Crippen LogP contribution in [0.5, 0.6) is 0 Å². The smallest absolute Gasteiger partial charge is 0.345 e. The van der Waals surface area contributed by atoms with Crippen LogP contribution in [-0.2, 0) is 28.7 Å². The second-order valence-electron chi connectivity index (χ2n) is 5.63. The quantitative estimate of drug-likeness (QED) is 0.313. The first-order valence-electron chi connectivity index (χ1n) is 7.11. The molecule has 2 fully saturated rings. The average Bonchev–Trinajstić information content (AvgIpc) is 2.91. The van der Waals surface area contributed by atoms with Gasteiger partial charge in [-0.3, -0.25) is 14.5 Å². The van der Waals surface area contributed by atoms with Crippen LogP contribution in [0.4, 0.5) is 0 Å². The van der Waals surface area contributed by atoms with Crippen molar-refractivity contribution in [1.82, 2.24) is 4.90 Å². The molecule has 0 unspecified atom stereocenters. The minimum atomic E-state index is -1.23. The van der Waals surface area contributed by atoms with Crippen LogP contribution in [-0.4, -0.2) is 52.0 Å². The molecule has 0 bridgehead atoms. The molecule has 2 atom stereocenters. The maximum atomic E-state index is 12.4. The number of Topliss-reactive ketones (excluding diaryl/α,β-unsaturated/α-hetero) is 1. The van der Waals surface area contributed by atoms with Crippen molar-refractivity contribution in [2.24, 2.45) is 0 Å². The van der Waals surface area contributed by atoms with Gasteiger partial charge in [0.15, 0.2) is 5.54 Å². The van der Waals surface area contributed by atoms with Crippen molar-refractivity contribution >= 4 is 35.4 Å². The van der Waals surface area contributed by atoms with Gasteiger partial charge in [-0.1, -0.05) is 24.4 Å². The van der Waals surface area contributed by atoms with Crippen molar-refractivity contribution in [1.29, 1.82) is 0 Å². The summed E-state index contributed by atoms with van der Waals surface area (Å²) in [7, 11) is 0. The highest BCUT2D eigenvalue weighted by Crippen LogP contribution is 2.72. The fraction of sp³-hybridized carbons (Fsp3) is 0.467. The summed E-state index contributed by atoms with van der Waals surface area (Å²) in [6.45, 7) is 6.99. The van der Waals surface area contributed by atoms with E-state index in [0.717, 1.165) is 4.90 Å². The summed E-state index contributed by atoms with van der Waals surface area (Å²) in [5.41, 5.74) is -1.51. The van der Waals surface area contributed by atoms with Gasteiger partial charge < -0.3 is 9.47 Å². The molecule has 3 aliphatic rings. The molecule has 122 valence electrons. The molecule has 0 radical (unpaired) electrons. The molecule has 23 heavy (non-hydrogen) atoms. The van der Waals surface area contributed by atoms with Crippen molar-refractivity contribution in [3.63, 3.8) is 0 Å². The summed E-state index contributed by atoms with van der Waals surface area (Å²) in [4.78, 5) is 50.1. The Labute approximate surface area is 136 Å². The molecule has 1 saturated heterocycles. The first-order chi connectivity index (χ1) is 10.8. The van der Waals surface area contributed by atoms with E-state index in [-0.39, 0.29) is 23.8 Å². The molecule has 7 nitrogen and oxygen atoms in total. The van der Waals surface area contributed by atoms with Crippen molar-refractivity contribution in [3.05, 3.63) is 23.3 Å². The Hall–Kier alpha value is -2.09. The highest BCUT2D eigenvalue weighted by Gasteiger charge is 2.82. The monoisotopic (exact) mass is 337 g/mol. The van der Waals surface area contributed by atoms with Gasteiger partial charge in [-0.05, 0) is 13.8 Å². The third-order valence-corrected chi connectivity index (χ3v) is 5.75. The van der Waals surface area contributed by atoms with Crippen molar-refractivity contribution in [2.45, 2.75) is 30.6 Å². The van der Waals surface area contributed by atoms with Crippen molar-refractivity contribution < 1.29 is 28.7 Å². The van der Waals surface area contributed by atoms with Crippen LogP contribution < -0.4 is 0 Å². The Morgan fingerprint density at radius 3 is 2.70 bits per heavy atom. The zero-order valence-electron chi connectivity index (χ0n) is 12.7. The van der Waals surface area contributed by atoms with Gasteiger partial charge in [0, 0.05) is 6.42 Å². The molecule has 2 aliphatic heterocycles. The predicted octanol–water partition coefficient (Wildman–Crippen LogP) is 0.550. The molecule has 2 heterocycles. The molecular weight excluding hydrogens is 322 g/mol.